The Morgan fingerprint density at radius 2 is 2.38 bits per heavy atom. The van der Waals surface area contributed by atoms with Crippen molar-refractivity contribution in [3.63, 3.8) is 0 Å². The van der Waals surface area contributed by atoms with E-state index >= 15 is 0 Å². The molecule has 5 nitrogen and oxygen atoms in total. The van der Waals surface area contributed by atoms with Crippen molar-refractivity contribution in [1.82, 2.24) is 15.2 Å². The maximum Gasteiger partial charge on any atom is 0.269 e. The van der Waals surface area contributed by atoms with Crippen LogP contribution in [0.1, 0.15) is 36.2 Å². The van der Waals surface area contributed by atoms with Crippen molar-refractivity contribution in [2.45, 2.75) is 31.7 Å². The number of nitrogens with one attached hydrogen (secondary N) is 1. The van der Waals surface area contributed by atoms with Crippen molar-refractivity contribution in [2.75, 3.05) is 26.2 Å². The van der Waals surface area contributed by atoms with Crippen molar-refractivity contribution in [3.8, 4) is 0 Å². The van der Waals surface area contributed by atoms with Gasteiger partial charge in [-0.25, -0.2) is 0 Å². The van der Waals surface area contributed by atoms with Crippen LogP contribution in [0.5, 0.6) is 0 Å². The first-order valence-corrected chi connectivity index (χ1v) is 7.83. The standard InChI is InChI=1S/C15H22ClN3O2/c16-12-5-7-17-14(10-12)15(21)18-6-1-2-8-19-9-3-4-13(19)11-20/h5,7,10,13,20H,1-4,6,8-9,11H2,(H,18,21). The van der Waals surface area contributed by atoms with Crippen LogP contribution in [0, 0.1) is 0 Å². The van der Waals surface area contributed by atoms with Crippen molar-refractivity contribution >= 4 is 17.5 Å². The lowest BCUT2D eigenvalue weighted by Gasteiger charge is -2.22. The number of unbranched alkanes of at least 4 members (excludes halogenated alkanes) is 1. The second-order valence-corrected chi connectivity index (χ2v) is 5.77. The molecule has 0 aromatic carbocycles. The van der Waals surface area contributed by atoms with E-state index in [9.17, 15) is 9.90 Å². The van der Waals surface area contributed by atoms with Crippen LogP contribution in [0.4, 0.5) is 0 Å². The minimum atomic E-state index is -0.188. The molecule has 1 amide bonds. The summed E-state index contributed by atoms with van der Waals surface area (Å²) in [5.41, 5.74) is 0.349. The number of aliphatic hydroxyl groups excluding tert-OH is 1. The number of carbonyl (C=O) groups is 1. The van der Waals surface area contributed by atoms with Gasteiger partial charge in [0.25, 0.3) is 5.91 Å². The van der Waals surface area contributed by atoms with Gasteiger partial charge in [-0.05, 0) is 50.9 Å². The highest BCUT2D eigenvalue weighted by Crippen LogP contribution is 2.16. The molecule has 0 spiro atoms. The zero-order chi connectivity index (χ0) is 15.1. The predicted octanol–water partition coefficient (Wildman–Crippen LogP) is 1.70. The first kappa shape index (κ1) is 16.2. The normalized spacial score (nSPS) is 18.9. The van der Waals surface area contributed by atoms with Gasteiger partial charge >= 0.3 is 0 Å². The fourth-order valence-corrected chi connectivity index (χ4v) is 2.82. The SMILES string of the molecule is O=C(NCCCCN1CCCC1CO)c1cc(Cl)ccn1. The van der Waals surface area contributed by atoms with Gasteiger partial charge < -0.3 is 10.4 Å². The van der Waals surface area contributed by atoms with E-state index in [4.69, 9.17) is 11.6 Å². The summed E-state index contributed by atoms with van der Waals surface area (Å²) in [6, 6.07) is 3.54. The molecule has 0 saturated carbocycles. The molecule has 1 atom stereocenters. The van der Waals surface area contributed by atoms with Gasteiger partial charge in [0.15, 0.2) is 0 Å². The maximum absolute atomic E-state index is 11.8. The Balaban J connectivity index is 1.62. The average Bonchev–Trinajstić information content (AvgIpc) is 2.94. The van der Waals surface area contributed by atoms with Gasteiger partial charge in [0.05, 0.1) is 6.61 Å². The molecule has 1 saturated heterocycles. The number of carbonyl (C=O) groups excluding carboxylic acids is 1. The minimum absolute atomic E-state index is 0.188. The average molecular weight is 312 g/mol. The molecule has 21 heavy (non-hydrogen) atoms. The van der Waals surface area contributed by atoms with Crippen molar-refractivity contribution < 1.29 is 9.90 Å². The molecule has 1 aliphatic heterocycles. The van der Waals surface area contributed by atoms with Gasteiger partial charge in [-0.2, -0.15) is 0 Å². The second kappa shape index (κ2) is 8.32. The molecular weight excluding hydrogens is 290 g/mol. The number of amides is 1. The Kier molecular flexibility index (Phi) is 6.42. The highest BCUT2D eigenvalue weighted by atomic mass is 35.5. The second-order valence-electron chi connectivity index (χ2n) is 5.34. The largest absolute Gasteiger partial charge is 0.395 e. The summed E-state index contributed by atoms with van der Waals surface area (Å²) in [5.74, 6) is -0.188. The summed E-state index contributed by atoms with van der Waals surface area (Å²) < 4.78 is 0. The zero-order valence-corrected chi connectivity index (χ0v) is 12.9. The lowest BCUT2D eigenvalue weighted by atomic mass is 10.2. The van der Waals surface area contributed by atoms with Crippen molar-refractivity contribution in [3.05, 3.63) is 29.0 Å². The minimum Gasteiger partial charge on any atom is -0.395 e. The lowest BCUT2D eigenvalue weighted by molar-refractivity contribution is 0.0947. The number of likely N-dealkylation sites (tertiary alicyclic amines) is 1. The summed E-state index contributed by atoms with van der Waals surface area (Å²) >= 11 is 5.83. The predicted molar refractivity (Wildman–Crippen MR) is 82.5 cm³/mol. The van der Waals surface area contributed by atoms with Crippen LogP contribution >= 0.6 is 11.6 Å². The number of hydrogen-bond donors (Lipinski definition) is 2. The van der Waals surface area contributed by atoms with E-state index in [0.717, 1.165) is 32.4 Å². The number of hydrogen-bond acceptors (Lipinski definition) is 4. The molecule has 2 N–H and O–H groups in total. The summed E-state index contributed by atoms with van der Waals surface area (Å²) in [4.78, 5) is 18.2. The maximum atomic E-state index is 11.8. The number of aromatic nitrogens is 1. The highest BCUT2D eigenvalue weighted by Gasteiger charge is 2.22. The van der Waals surface area contributed by atoms with Crippen molar-refractivity contribution in [1.29, 1.82) is 0 Å². The fraction of sp³-hybridized carbons (Fsp3) is 0.600. The van der Waals surface area contributed by atoms with Crippen LogP contribution in [0.3, 0.4) is 0 Å². The molecule has 1 aromatic rings. The Hall–Kier alpha value is -1.17. The quantitative estimate of drug-likeness (QED) is 0.752. The van der Waals surface area contributed by atoms with Crippen LogP contribution in [0.2, 0.25) is 5.02 Å². The van der Waals surface area contributed by atoms with Crippen LogP contribution in [-0.4, -0.2) is 53.2 Å². The van der Waals surface area contributed by atoms with Crippen LogP contribution in [0.25, 0.3) is 0 Å². The van der Waals surface area contributed by atoms with Gasteiger partial charge in [0.1, 0.15) is 5.69 Å². The van der Waals surface area contributed by atoms with Crippen LogP contribution < -0.4 is 5.32 Å². The smallest absolute Gasteiger partial charge is 0.269 e. The number of nitrogens with zero attached hydrogens (tertiary/aromatic N) is 2. The third kappa shape index (κ3) is 4.95. The molecule has 2 heterocycles. The summed E-state index contributed by atoms with van der Waals surface area (Å²) in [6.07, 6.45) is 5.72. The lowest BCUT2D eigenvalue weighted by Crippen LogP contribution is -2.33. The first-order chi connectivity index (χ1) is 10.2. The molecule has 2 rings (SSSR count). The molecule has 1 unspecified atom stereocenters. The van der Waals surface area contributed by atoms with E-state index in [2.05, 4.69) is 15.2 Å². The van der Waals surface area contributed by atoms with E-state index < -0.39 is 0 Å². The number of pyridine rings is 1. The summed E-state index contributed by atoms with van der Waals surface area (Å²) in [5, 5.41) is 12.6. The van der Waals surface area contributed by atoms with Gasteiger partial charge in [0.2, 0.25) is 0 Å². The molecule has 6 heteroatoms. The number of aliphatic hydroxyl groups is 1. The zero-order valence-electron chi connectivity index (χ0n) is 12.1. The number of halogens is 1. The van der Waals surface area contributed by atoms with E-state index in [1.165, 1.54) is 12.6 Å². The van der Waals surface area contributed by atoms with E-state index in [-0.39, 0.29) is 12.5 Å². The van der Waals surface area contributed by atoms with Crippen LogP contribution in [-0.2, 0) is 0 Å². The molecule has 1 aliphatic rings. The molecule has 1 fully saturated rings. The molecule has 1 aromatic heterocycles. The molecule has 116 valence electrons. The van der Waals surface area contributed by atoms with Gasteiger partial charge in [-0.1, -0.05) is 11.6 Å². The topological polar surface area (TPSA) is 65.5 Å². The van der Waals surface area contributed by atoms with Crippen LogP contribution in [0.15, 0.2) is 18.3 Å². The Morgan fingerprint density at radius 3 is 3.14 bits per heavy atom. The van der Waals surface area contributed by atoms with E-state index in [1.54, 1.807) is 12.1 Å². The Bertz CT molecular complexity index is 470. The summed E-state index contributed by atoms with van der Waals surface area (Å²) in [6.45, 7) is 2.93. The van der Waals surface area contributed by atoms with Gasteiger partial charge in [0, 0.05) is 23.8 Å². The molecule has 0 bridgehead atoms. The van der Waals surface area contributed by atoms with Crippen molar-refractivity contribution in [2.24, 2.45) is 0 Å². The molecule has 0 radical (unpaired) electrons. The van der Waals surface area contributed by atoms with E-state index in [1.807, 2.05) is 0 Å². The molecular formula is C15H22ClN3O2. The molecule has 0 aliphatic carbocycles. The van der Waals surface area contributed by atoms with E-state index in [0.29, 0.717) is 23.3 Å². The highest BCUT2D eigenvalue weighted by molar-refractivity contribution is 6.30. The Morgan fingerprint density at radius 1 is 1.52 bits per heavy atom. The fourth-order valence-electron chi connectivity index (χ4n) is 2.66. The number of rotatable bonds is 7. The monoisotopic (exact) mass is 311 g/mol. The third-order valence-corrected chi connectivity index (χ3v) is 4.06. The summed E-state index contributed by atoms with van der Waals surface area (Å²) in [7, 11) is 0. The Labute approximate surface area is 130 Å². The third-order valence-electron chi connectivity index (χ3n) is 3.82. The first-order valence-electron chi connectivity index (χ1n) is 7.45. The van der Waals surface area contributed by atoms with Gasteiger partial charge in [-0.3, -0.25) is 14.7 Å². The van der Waals surface area contributed by atoms with Gasteiger partial charge in [-0.15, -0.1) is 0 Å².